The van der Waals surface area contributed by atoms with E-state index in [1.165, 1.54) is 0 Å². The maximum atomic E-state index is 13.1. The van der Waals surface area contributed by atoms with Gasteiger partial charge in [-0.05, 0) is 43.5 Å². The molecule has 0 atom stereocenters. The van der Waals surface area contributed by atoms with Crippen LogP contribution in [-0.4, -0.2) is 34.6 Å². The minimum atomic E-state index is -0.615. The number of nitrogens with zero attached hydrogens (tertiary/aromatic N) is 4. The molecule has 3 aromatic rings. The smallest absolute Gasteiger partial charge is 0.279 e. The van der Waals surface area contributed by atoms with E-state index < -0.39 is 11.1 Å². The first kappa shape index (κ1) is 18.6. The van der Waals surface area contributed by atoms with Crippen LogP contribution in [0.4, 0.5) is 11.5 Å². The van der Waals surface area contributed by atoms with E-state index in [9.17, 15) is 14.9 Å². The fraction of sp³-hybridized carbons (Fsp3) is 0.300. The standard InChI is InChI=1S/C20H20N6O3/c1-29-13-7-5-12(6-8-13)15-14(11-21)19(28)26-17(22)16(18(27)24-20(26)23-15)25-9-3-2-4-10-25/h5-8H,2-4,9-10,22H2,1H3,(H,23,24,27). The first-order chi connectivity index (χ1) is 14.0. The van der Waals surface area contributed by atoms with Gasteiger partial charge in [-0.1, -0.05) is 0 Å². The lowest BCUT2D eigenvalue weighted by Gasteiger charge is -2.29. The Balaban J connectivity index is 1.97. The van der Waals surface area contributed by atoms with Crippen molar-refractivity contribution in [2.75, 3.05) is 30.8 Å². The number of nitrogens with one attached hydrogen (secondary N) is 1. The maximum Gasteiger partial charge on any atom is 0.279 e. The average Bonchev–Trinajstić information content (AvgIpc) is 2.74. The quantitative estimate of drug-likeness (QED) is 0.691. The Hall–Kier alpha value is -3.80. The molecule has 1 saturated heterocycles. The van der Waals surface area contributed by atoms with Crippen LogP contribution in [0.5, 0.6) is 5.75 Å². The van der Waals surface area contributed by atoms with Gasteiger partial charge in [0.25, 0.3) is 11.1 Å². The fourth-order valence-electron chi connectivity index (χ4n) is 3.69. The minimum Gasteiger partial charge on any atom is -0.497 e. The zero-order chi connectivity index (χ0) is 20.5. The Bertz CT molecular complexity index is 1230. The Morgan fingerprint density at radius 2 is 1.86 bits per heavy atom. The lowest BCUT2D eigenvalue weighted by atomic mass is 10.1. The molecule has 2 aromatic heterocycles. The van der Waals surface area contributed by atoms with Gasteiger partial charge in [-0.3, -0.25) is 14.6 Å². The highest BCUT2D eigenvalue weighted by Gasteiger charge is 2.23. The zero-order valence-corrected chi connectivity index (χ0v) is 15.9. The number of hydrogen-bond acceptors (Lipinski definition) is 7. The highest BCUT2D eigenvalue weighted by Crippen LogP contribution is 2.25. The summed E-state index contributed by atoms with van der Waals surface area (Å²) < 4.78 is 6.25. The summed E-state index contributed by atoms with van der Waals surface area (Å²) in [5.41, 5.74) is 6.07. The molecular weight excluding hydrogens is 372 g/mol. The predicted molar refractivity (Wildman–Crippen MR) is 109 cm³/mol. The van der Waals surface area contributed by atoms with Crippen LogP contribution in [0.1, 0.15) is 24.8 Å². The monoisotopic (exact) mass is 392 g/mol. The number of H-pyrrole nitrogens is 1. The van der Waals surface area contributed by atoms with Gasteiger partial charge >= 0.3 is 0 Å². The van der Waals surface area contributed by atoms with Crippen LogP contribution in [0.15, 0.2) is 33.9 Å². The summed E-state index contributed by atoms with van der Waals surface area (Å²) in [6.07, 6.45) is 2.99. The van der Waals surface area contributed by atoms with Crippen LogP contribution in [0.25, 0.3) is 17.0 Å². The maximum absolute atomic E-state index is 13.1. The molecule has 4 rings (SSSR count). The number of methoxy groups -OCH3 is 1. The Labute approximate surface area is 166 Å². The largest absolute Gasteiger partial charge is 0.497 e. The van der Waals surface area contributed by atoms with Crippen molar-refractivity contribution >= 4 is 17.3 Å². The summed E-state index contributed by atoms with van der Waals surface area (Å²) in [4.78, 5) is 34.8. The summed E-state index contributed by atoms with van der Waals surface area (Å²) in [6.45, 7) is 1.38. The predicted octanol–water partition coefficient (Wildman–Crippen LogP) is 1.50. The number of aromatic nitrogens is 3. The molecule has 148 valence electrons. The van der Waals surface area contributed by atoms with E-state index >= 15 is 0 Å². The van der Waals surface area contributed by atoms with E-state index in [1.54, 1.807) is 31.4 Å². The van der Waals surface area contributed by atoms with Crippen molar-refractivity contribution in [1.29, 1.82) is 5.26 Å². The highest BCUT2D eigenvalue weighted by molar-refractivity contribution is 5.71. The third kappa shape index (κ3) is 3.08. The van der Waals surface area contributed by atoms with Crippen molar-refractivity contribution in [3.05, 3.63) is 50.5 Å². The van der Waals surface area contributed by atoms with Crippen LogP contribution in [0.2, 0.25) is 0 Å². The number of nitriles is 1. The summed E-state index contributed by atoms with van der Waals surface area (Å²) in [6, 6.07) is 8.74. The molecule has 1 aliphatic rings. The van der Waals surface area contributed by atoms with E-state index in [0.29, 0.717) is 24.4 Å². The number of benzene rings is 1. The molecule has 3 heterocycles. The van der Waals surface area contributed by atoms with Crippen molar-refractivity contribution in [2.24, 2.45) is 0 Å². The Morgan fingerprint density at radius 1 is 1.17 bits per heavy atom. The van der Waals surface area contributed by atoms with Crippen LogP contribution in [0.3, 0.4) is 0 Å². The molecule has 0 unspecified atom stereocenters. The van der Waals surface area contributed by atoms with Gasteiger partial charge in [0.05, 0.1) is 12.8 Å². The third-order valence-corrected chi connectivity index (χ3v) is 5.15. The molecule has 9 nitrogen and oxygen atoms in total. The molecule has 1 aromatic carbocycles. The molecule has 9 heteroatoms. The molecule has 0 radical (unpaired) electrons. The number of aromatic amines is 1. The van der Waals surface area contributed by atoms with Crippen LogP contribution < -0.4 is 26.5 Å². The van der Waals surface area contributed by atoms with E-state index in [0.717, 1.165) is 23.7 Å². The first-order valence-electron chi connectivity index (χ1n) is 9.33. The number of nitrogen functional groups attached to an aromatic ring is 1. The van der Waals surface area contributed by atoms with Crippen molar-refractivity contribution in [1.82, 2.24) is 14.4 Å². The Kier molecular flexibility index (Phi) is 4.68. The number of anilines is 2. The van der Waals surface area contributed by atoms with Gasteiger partial charge in [0.1, 0.15) is 28.9 Å². The summed E-state index contributed by atoms with van der Waals surface area (Å²) in [5, 5.41) is 9.63. The normalized spacial score (nSPS) is 14.0. The number of nitrogens with two attached hydrogens (primary N) is 1. The summed E-state index contributed by atoms with van der Waals surface area (Å²) in [5.74, 6) is 0.637. The zero-order valence-electron chi connectivity index (χ0n) is 15.9. The minimum absolute atomic E-state index is 0.000862. The average molecular weight is 392 g/mol. The van der Waals surface area contributed by atoms with Gasteiger partial charge in [0.2, 0.25) is 5.78 Å². The topological polar surface area (TPSA) is 130 Å². The molecular formula is C20H20N6O3. The van der Waals surface area contributed by atoms with E-state index in [4.69, 9.17) is 10.5 Å². The van der Waals surface area contributed by atoms with Gasteiger partial charge in [-0.15, -0.1) is 0 Å². The third-order valence-electron chi connectivity index (χ3n) is 5.15. The second kappa shape index (κ2) is 7.31. The Morgan fingerprint density at radius 3 is 2.48 bits per heavy atom. The number of piperidine rings is 1. The van der Waals surface area contributed by atoms with Gasteiger partial charge in [-0.25, -0.2) is 9.38 Å². The number of fused-ring (bicyclic) bond motifs is 1. The molecule has 0 spiro atoms. The van der Waals surface area contributed by atoms with Crippen molar-refractivity contribution in [2.45, 2.75) is 19.3 Å². The molecule has 29 heavy (non-hydrogen) atoms. The van der Waals surface area contributed by atoms with E-state index in [1.807, 2.05) is 11.0 Å². The molecule has 0 amide bonds. The SMILES string of the molecule is COc1ccc(-c2nc3[nH]c(=O)c(N4CCCCC4)c(N)n3c(=O)c2C#N)cc1. The van der Waals surface area contributed by atoms with Crippen molar-refractivity contribution in [3.63, 3.8) is 0 Å². The lowest BCUT2D eigenvalue weighted by Crippen LogP contribution is -2.37. The van der Waals surface area contributed by atoms with Crippen LogP contribution in [0, 0.1) is 11.3 Å². The van der Waals surface area contributed by atoms with E-state index in [-0.39, 0.29) is 28.5 Å². The number of rotatable bonds is 3. The summed E-state index contributed by atoms with van der Waals surface area (Å²) >= 11 is 0. The van der Waals surface area contributed by atoms with Gasteiger partial charge in [0, 0.05) is 18.7 Å². The number of ether oxygens (including phenoxy) is 1. The van der Waals surface area contributed by atoms with Crippen LogP contribution >= 0.6 is 0 Å². The summed E-state index contributed by atoms with van der Waals surface area (Å²) in [7, 11) is 1.55. The highest BCUT2D eigenvalue weighted by atomic mass is 16.5. The lowest BCUT2D eigenvalue weighted by molar-refractivity contribution is 0.415. The van der Waals surface area contributed by atoms with Gasteiger partial charge in [0.15, 0.2) is 0 Å². The second-order valence-corrected chi connectivity index (χ2v) is 6.88. The molecule has 0 aliphatic carbocycles. The fourth-order valence-corrected chi connectivity index (χ4v) is 3.69. The first-order valence-corrected chi connectivity index (χ1v) is 9.33. The van der Waals surface area contributed by atoms with Crippen LogP contribution in [-0.2, 0) is 0 Å². The van der Waals surface area contributed by atoms with Gasteiger partial charge in [-0.2, -0.15) is 5.26 Å². The molecule has 1 aliphatic heterocycles. The molecule has 0 bridgehead atoms. The van der Waals surface area contributed by atoms with Gasteiger partial charge < -0.3 is 15.4 Å². The van der Waals surface area contributed by atoms with E-state index in [2.05, 4.69) is 9.97 Å². The van der Waals surface area contributed by atoms with Crippen molar-refractivity contribution < 1.29 is 4.74 Å². The van der Waals surface area contributed by atoms with Crippen molar-refractivity contribution in [3.8, 4) is 23.1 Å². The molecule has 1 fully saturated rings. The second-order valence-electron chi connectivity index (χ2n) is 6.88. The number of hydrogen-bond donors (Lipinski definition) is 2. The molecule has 0 saturated carbocycles. The molecule has 3 N–H and O–H groups in total.